The zero-order valence-corrected chi connectivity index (χ0v) is 15.0. The van der Waals surface area contributed by atoms with E-state index in [1.807, 2.05) is 0 Å². The third kappa shape index (κ3) is 4.27. The highest BCUT2D eigenvalue weighted by atomic mass is 32.2. The minimum atomic E-state index is -0.201. The molecule has 0 spiro atoms. The van der Waals surface area contributed by atoms with Crippen LogP contribution in [0.3, 0.4) is 0 Å². The molecule has 0 saturated heterocycles. The topological polar surface area (TPSA) is 67.8 Å². The number of hydrogen-bond acceptors (Lipinski definition) is 6. The molecule has 0 aliphatic carbocycles. The second kappa shape index (κ2) is 6.75. The van der Waals surface area contributed by atoms with Crippen LogP contribution in [0.5, 0.6) is 0 Å². The highest BCUT2D eigenvalue weighted by Crippen LogP contribution is 2.29. The molecule has 2 aromatic rings. The number of pyridine rings is 1. The second-order valence-electron chi connectivity index (χ2n) is 6.14. The molecule has 2 heterocycles. The minimum Gasteiger partial charge on any atom is -0.296 e. The summed E-state index contributed by atoms with van der Waals surface area (Å²) in [4.78, 5) is 16.7. The largest absolute Gasteiger partial charge is 0.296 e. The summed E-state index contributed by atoms with van der Waals surface area (Å²) in [5.41, 5.74) is 0.488. The molecule has 1 N–H and O–H groups in total. The molecule has 22 heavy (non-hydrogen) atoms. The second-order valence-corrected chi connectivity index (χ2v) is 8.68. The van der Waals surface area contributed by atoms with E-state index in [9.17, 15) is 4.79 Å². The van der Waals surface area contributed by atoms with Gasteiger partial charge < -0.3 is 0 Å². The van der Waals surface area contributed by atoms with Gasteiger partial charge in [0.15, 0.2) is 0 Å². The number of aromatic nitrogens is 3. The molecule has 0 atom stereocenters. The maximum Gasteiger partial charge on any atom is 0.260 e. The average molecular weight is 336 g/mol. The van der Waals surface area contributed by atoms with Crippen molar-refractivity contribution in [2.45, 2.75) is 50.3 Å². The maximum absolute atomic E-state index is 12.4. The highest BCUT2D eigenvalue weighted by Gasteiger charge is 2.21. The van der Waals surface area contributed by atoms with E-state index in [4.69, 9.17) is 0 Å². The number of rotatable bonds is 4. The van der Waals surface area contributed by atoms with Crippen LogP contribution in [0.4, 0.5) is 5.13 Å². The first-order valence-corrected chi connectivity index (χ1v) is 8.74. The Labute approximate surface area is 139 Å². The van der Waals surface area contributed by atoms with Crippen LogP contribution < -0.4 is 5.32 Å². The van der Waals surface area contributed by atoms with E-state index in [1.165, 1.54) is 11.3 Å². The van der Waals surface area contributed by atoms with Crippen LogP contribution in [0.25, 0.3) is 0 Å². The zero-order valence-electron chi connectivity index (χ0n) is 13.4. The van der Waals surface area contributed by atoms with E-state index in [1.54, 1.807) is 30.1 Å². The summed E-state index contributed by atoms with van der Waals surface area (Å²) < 4.78 is 0. The summed E-state index contributed by atoms with van der Waals surface area (Å²) in [6.07, 6.45) is 1.70. The van der Waals surface area contributed by atoms with E-state index < -0.39 is 0 Å². The van der Waals surface area contributed by atoms with E-state index >= 15 is 0 Å². The first kappa shape index (κ1) is 16.9. The Hall–Kier alpha value is -1.47. The van der Waals surface area contributed by atoms with Crippen molar-refractivity contribution in [1.29, 1.82) is 0 Å². The number of carbonyl (C=O) groups is 1. The number of nitrogens with zero attached hydrogens (tertiary/aromatic N) is 3. The Balaban J connectivity index is 2.18. The van der Waals surface area contributed by atoms with Crippen molar-refractivity contribution >= 4 is 34.1 Å². The van der Waals surface area contributed by atoms with Crippen molar-refractivity contribution < 1.29 is 4.79 Å². The summed E-state index contributed by atoms with van der Waals surface area (Å²) in [7, 11) is 0. The van der Waals surface area contributed by atoms with Crippen molar-refractivity contribution in [3.63, 3.8) is 0 Å². The lowest BCUT2D eigenvalue weighted by Crippen LogP contribution is -2.14. The fourth-order valence-corrected chi connectivity index (χ4v) is 3.27. The molecule has 2 aromatic heterocycles. The van der Waals surface area contributed by atoms with E-state index in [-0.39, 0.29) is 11.3 Å². The lowest BCUT2D eigenvalue weighted by atomic mass is 9.98. The van der Waals surface area contributed by atoms with Crippen LogP contribution in [0.1, 0.15) is 50.0 Å². The minimum absolute atomic E-state index is 0.0758. The summed E-state index contributed by atoms with van der Waals surface area (Å²) >= 11 is 2.97. The summed E-state index contributed by atoms with van der Waals surface area (Å²) in [6.45, 7) is 10.3. The molecule has 0 unspecified atom stereocenters. The molecule has 118 valence electrons. The molecule has 0 aromatic carbocycles. The molecule has 0 saturated carbocycles. The lowest BCUT2D eigenvalue weighted by molar-refractivity contribution is 0.102. The van der Waals surface area contributed by atoms with Gasteiger partial charge in [-0.25, -0.2) is 4.98 Å². The lowest BCUT2D eigenvalue weighted by Gasteiger charge is -2.12. The Morgan fingerprint density at radius 2 is 2.05 bits per heavy atom. The molecule has 0 aliphatic rings. The first-order chi connectivity index (χ1) is 10.3. The average Bonchev–Trinajstić information content (AvgIpc) is 2.87. The standard InChI is InChI=1S/C15H20N4OS2/c1-9(2)21-12-10(7-6-8-16-12)11(20)17-14-19-18-13(22-14)15(3,4)5/h6-9H,1-5H3,(H,17,19,20). The van der Waals surface area contributed by atoms with Crippen LogP contribution >= 0.6 is 23.1 Å². The zero-order chi connectivity index (χ0) is 16.3. The Morgan fingerprint density at radius 1 is 1.32 bits per heavy atom. The van der Waals surface area contributed by atoms with E-state index in [2.05, 4.69) is 55.1 Å². The van der Waals surface area contributed by atoms with Gasteiger partial charge in [0.1, 0.15) is 10.0 Å². The smallest absolute Gasteiger partial charge is 0.260 e. The monoisotopic (exact) mass is 336 g/mol. The molecular weight excluding hydrogens is 316 g/mol. The predicted molar refractivity (Wildman–Crippen MR) is 91.8 cm³/mol. The molecule has 0 radical (unpaired) electrons. The van der Waals surface area contributed by atoms with Crippen LogP contribution in [0.2, 0.25) is 0 Å². The molecule has 1 amide bonds. The molecule has 0 bridgehead atoms. The van der Waals surface area contributed by atoms with E-state index in [0.717, 1.165) is 10.0 Å². The Kier molecular flexibility index (Phi) is 5.18. The van der Waals surface area contributed by atoms with Crippen LogP contribution in [-0.2, 0) is 5.41 Å². The summed E-state index contributed by atoms with van der Waals surface area (Å²) in [5.74, 6) is -0.201. The van der Waals surface area contributed by atoms with Gasteiger partial charge in [-0.1, -0.05) is 46.0 Å². The molecular formula is C15H20N4OS2. The third-order valence-electron chi connectivity index (χ3n) is 2.65. The maximum atomic E-state index is 12.4. The van der Waals surface area contributed by atoms with Gasteiger partial charge in [0, 0.05) is 16.9 Å². The summed E-state index contributed by atoms with van der Waals surface area (Å²) in [6, 6.07) is 3.54. The molecule has 0 fully saturated rings. The van der Waals surface area contributed by atoms with Crippen LogP contribution in [0.15, 0.2) is 23.4 Å². The fraction of sp³-hybridized carbons (Fsp3) is 0.467. The van der Waals surface area contributed by atoms with Gasteiger partial charge in [0.25, 0.3) is 5.91 Å². The summed E-state index contributed by atoms with van der Waals surface area (Å²) in [5, 5.41) is 13.5. The van der Waals surface area contributed by atoms with Crippen molar-refractivity contribution in [2.75, 3.05) is 5.32 Å². The molecule has 7 heteroatoms. The number of carbonyl (C=O) groups excluding carboxylic acids is 1. The van der Waals surface area contributed by atoms with Gasteiger partial charge in [-0.05, 0) is 12.1 Å². The fourth-order valence-electron chi connectivity index (χ4n) is 1.62. The van der Waals surface area contributed by atoms with Crippen molar-refractivity contribution in [2.24, 2.45) is 0 Å². The van der Waals surface area contributed by atoms with Gasteiger partial charge in [0.2, 0.25) is 5.13 Å². The molecule has 5 nitrogen and oxygen atoms in total. The number of thioether (sulfide) groups is 1. The van der Waals surface area contributed by atoms with Gasteiger partial charge in [-0.15, -0.1) is 22.0 Å². The van der Waals surface area contributed by atoms with Crippen molar-refractivity contribution in [1.82, 2.24) is 15.2 Å². The normalized spacial score (nSPS) is 11.7. The van der Waals surface area contributed by atoms with Crippen molar-refractivity contribution in [3.05, 3.63) is 28.9 Å². The van der Waals surface area contributed by atoms with E-state index in [0.29, 0.717) is 15.9 Å². The first-order valence-electron chi connectivity index (χ1n) is 7.04. The molecule has 2 rings (SSSR count). The highest BCUT2D eigenvalue weighted by molar-refractivity contribution is 7.99. The Morgan fingerprint density at radius 3 is 2.64 bits per heavy atom. The molecule has 0 aliphatic heterocycles. The Bertz CT molecular complexity index is 662. The van der Waals surface area contributed by atoms with Crippen LogP contribution in [-0.4, -0.2) is 26.3 Å². The van der Waals surface area contributed by atoms with Gasteiger partial charge in [-0.3, -0.25) is 10.1 Å². The van der Waals surface area contributed by atoms with Gasteiger partial charge >= 0.3 is 0 Å². The van der Waals surface area contributed by atoms with Gasteiger partial charge in [0.05, 0.1) is 5.56 Å². The third-order valence-corrected chi connectivity index (χ3v) is 4.93. The quantitative estimate of drug-likeness (QED) is 0.855. The SMILES string of the molecule is CC(C)Sc1ncccc1C(=O)Nc1nnc(C(C)(C)C)s1. The number of anilines is 1. The number of hydrogen-bond donors (Lipinski definition) is 1. The van der Waals surface area contributed by atoms with Crippen molar-refractivity contribution in [3.8, 4) is 0 Å². The number of nitrogens with one attached hydrogen (secondary N) is 1. The van der Waals surface area contributed by atoms with Crippen LogP contribution in [0, 0.1) is 0 Å². The number of amides is 1. The predicted octanol–water partition coefficient (Wildman–Crippen LogP) is 3.98. The van der Waals surface area contributed by atoms with Gasteiger partial charge in [-0.2, -0.15) is 0 Å².